The molecule has 0 fully saturated rings. The average Bonchev–Trinajstić information content (AvgIpc) is 2.67. The van der Waals surface area contributed by atoms with Crippen molar-refractivity contribution in [2.24, 2.45) is 0 Å². The zero-order valence-electron chi connectivity index (χ0n) is 16.7. The van der Waals surface area contributed by atoms with E-state index in [1.54, 1.807) is 11.8 Å². The lowest BCUT2D eigenvalue weighted by molar-refractivity contribution is -0.140. The molecule has 2 aromatic rings. The molecule has 4 heteroatoms. The van der Waals surface area contributed by atoms with Gasteiger partial charge in [0, 0.05) is 12.6 Å². The second-order valence-electron chi connectivity index (χ2n) is 7.10. The summed E-state index contributed by atoms with van der Waals surface area (Å²) in [5.74, 6) is -0.157. The lowest BCUT2D eigenvalue weighted by atomic mass is 10.1. The lowest BCUT2D eigenvalue weighted by Crippen LogP contribution is -2.50. The Morgan fingerprint density at radius 3 is 2.26 bits per heavy atom. The fraction of sp³-hybridized carbons (Fsp3) is 0.391. The Hall–Kier alpha value is -2.62. The van der Waals surface area contributed by atoms with E-state index in [9.17, 15) is 9.59 Å². The van der Waals surface area contributed by atoms with E-state index in [2.05, 4.69) is 5.32 Å². The number of benzene rings is 2. The first-order chi connectivity index (χ1) is 12.9. The van der Waals surface area contributed by atoms with Crippen LogP contribution >= 0.6 is 0 Å². The Morgan fingerprint density at radius 1 is 1.00 bits per heavy atom. The SMILES string of the molecule is CC[C@H](C)NC(=O)[C@@H](C)N(Cc1ccccc1C)C(=O)Cc1ccccc1. The number of aryl methyl sites for hydroxylation is 1. The van der Waals surface area contributed by atoms with E-state index in [0.717, 1.165) is 23.1 Å². The summed E-state index contributed by atoms with van der Waals surface area (Å²) in [5, 5.41) is 3.00. The van der Waals surface area contributed by atoms with Gasteiger partial charge in [0.1, 0.15) is 6.04 Å². The van der Waals surface area contributed by atoms with Crippen LogP contribution in [0.2, 0.25) is 0 Å². The average molecular weight is 367 g/mol. The van der Waals surface area contributed by atoms with Crippen molar-refractivity contribution in [2.45, 2.75) is 59.2 Å². The van der Waals surface area contributed by atoms with Gasteiger partial charge in [-0.05, 0) is 43.9 Å². The van der Waals surface area contributed by atoms with Gasteiger partial charge >= 0.3 is 0 Å². The summed E-state index contributed by atoms with van der Waals surface area (Å²) >= 11 is 0. The lowest BCUT2D eigenvalue weighted by Gasteiger charge is -2.30. The highest BCUT2D eigenvalue weighted by molar-refractivity contribution is 5.88. The first-order valence-electron chi connectivity index (χ1n) is 9.60. The molecule has 2 atom stereocenters. The minimum atomic E-state index is -0.533. The molecule has 2 aromatic carbocycles. The van der Waals surface area contributed by atoms with E-state index >= 15 is 0 Å². The maximum Gasteiger partial charge on any atom is 0.242 e. The van der Waals surface area contributed by atoms with Crippen molar-refractivity contribution < 1.29 is 9.59 Å². The van der Waals surface area contributed by atoms with Crippen molar-refractivity contribution in [3.8, 4) is 0 Å². The Bertz CT molecular complexity index is 758. The molecule has 0 spiro atoms. The molecule has 0 aliphatic heterocycles. The third-order valence-corrected chi connectivity index (χ3v) is 4.97. The number of carbonyl (C=O) groups excluding carboxylic acids is 2. The van der Waals surface area contributed by atoms with E-state index in [1.807, 2.05) is 75.4 Å². The highest BCUT2D eigenvalue weighted by Gasteiger charge is 2.27. The van der Waals surface area contributed by atoms with Gasteiger partial charge < -0.3 is 10.2 Å². The minimum Gasteiger partial charge on any atom is -0.352 e. The van der Waals surface area contributed by atoms with E-state index in [-0.39, 0.29) is 24.3 Å². The smallest absolute Gasteiger partial charge is 0.242 e. The fourth-order valence-corrected chi connectivity index (χ4v) is 2.89. The fourth-order valence-electron chi connectivity index (χ4n) is 2.89. The van der Waals surface area contributed by atoms with Gasteiger partial charge in [0.25, 0.3) is 0 Å². The van der Waals surface area contributed by atoms with Crippen LogP contribution in [0.1, 0.15) is 43.9 Å². The van der Waals surface area contributed by atoms with Crippen molar-refractivity contribution in [3.63, 3.8) is 0 Å². The van der Waals surface area contributed by atoms with Crippen molar-refractivity contribution in [1.29, 1.82) is 0 Å². The standard InChI is InChI=1S/C23H30N2O2/c1-5-18(3)24-23(27)19(4)25(16-21-14-10-9-11-17(21)2)22(26)15-20-12-7-6-8-13-20/h6-14,18-19H,5,15-16H2,1-4H3,(H,24,27)/t18-,19+/m0/s1. The Morgan fingerprint density at radius 2 is 1.63 bits per heavy atom. The molecule has 0 saturated heterocycles. The van der Waals surface area contributed by atoms with Gasteiger partial charge in [-0.3, -0.25) is 9.59 Å². The molecular weight excluding hydrogens is 336 g/mol. The van der Waals surface area contributed by atoms with Crippen LogP contribution in [-0.2, 0) is 22.6 Å². The molecule has 0 bridgehead atoms. The van der Waals surface area contributed by atoms with E-state index in [0.29, 0.717) is 6.54 Å². The van der Waals surface area contributed by atoms with E-state index in [4.69, 9.17) is 0 Å². The second kappa shape index (κ2) is 9.91. The van der Waals surface area contributed by atoms with Gasteiger partial charge in [-0.15, -0.1) is 0 Å². The summed E-state index contributed by atoms with van der Waals surface area (Å²) in [6.07, 6.45) is 1.14. The second-order valence-corrected chi connectivity index (χ2v) is 7.10. The molecule has 0 radical (unpaired) electrons. The highest BCUT2D eigenvalue weighted by atomic mass is 16.2. The molecule has 144 valence electrons. The number of carbonyl (C=O) groups is 2. The van der Waals surface area contributed by atoms with Crippen LogP contribution in [0.15, 0.2) is 54.6 Å². The van der Waals surface area contributed by atoms with Crippen molar-refractivity contribution >= 4 is 11.8 Å². The summed E-state index contributed by atoms with van der Waals surface area (Å²) in [6, 6.07) is 17.2. The van der Waals surface area contributed by atoms with E-state index < -0.39 is 6.04 Å². The molecule has 27 heavy (non-hydrogen) atoms. The maximum atomic E-state index is 13.1. The number of nitrogens with one attached hydrogen (secondary N) is 1. The van der Waals surface area contributed by atoms with Gasteiger partial charge in [-0.2, -0.15) is 0 Å². The summed E-state index contributed by atoms with van der Waals surface area (Å²) < 4.78 is 0. The number of amides is 2. The molecule has 2 rings (SSSR count). The number of hydrogen-bond donors (Lipinski definition) is 1. The number of rotatable bonds is 8. The molecule has 0 aromatic heterocycles. The summed E-state index contributed by atoms with van der Waals surface area (Å²) in [4.78, 5) is 27.4. The van der Waals surface area contributed by atoms with Gasteiger partial charge in [0.2, 0.25) is 11.8 Å². The van der Waals surface area contributed by atoms with Crippen molar-refractivity contribution in [2.75, 3.05) is 0 Å². The van der Waals surface area contributed by atoms with Gasteiger partial charge in [-0.1, -0.05) is 61.5 Å². The zero-order valence-corrected chi connectivity index (χ0v) is 16.7. The van der Waals surface area contributed by atoms with Crippen LogP contribution in [0.25, 0.3) is 0 Å². The number of nitrogens with zero attached hydrogens (tertiary/aromatic N) is 1. The quantitative estimate of drug-likeness (QED) is 0.771. The van der Waals surface area contributed by atoms with Crippen LogP contribution in [0.3, 0.4) is 0 Å². The molecule has 0 aliphatic rings. The van der Waals surface area contributed by atoms with Gasteiger partial charge in [-0.25, -0.2) is 0 Å². The molecule has 0 heterocycles. The van der Waals surface area contributed by atoms with Crippen LogP contribution < -0.4 is 5.32 Å². The molecule has 1 N–H and O–H groups in total. The largest absolute Gasteiger partial charge is 0.352 e. The maximum absolute atomic E-state index is 13.1. The summed E-state index contributed by atoms with van der Waals surface area (Å²) in [6.45, 7) is 8.26. The summed E-state index contributed by atoms with van der Waals surface area (Å²) in [7, 11) is 0. The minimum absolute atomic E-state index is 0.0451. The highest BCUT2D eigenvalue weighted by Crippen LogP contribution is 2.15. The Balaban J connectivity index is 2.22. The summed E-state index contributed by atoms with van der Waals surface area (Å²) in [5.41, 5.74) is 3.12. The number of hydrogen-bond acceptors (Lipinski definition) is 2. The first kappa shape index (κ1) is 20.7. The van der Waals surface area contributed by atoms with Crippen molar-refractivity contribution in [1.82, 2.24) is 10.2 Å². The third-order valence-electron chi connectivity index (χ3n) is 4.97. The molecule has 0 aliphatic carbocycles. The van der Waals surface area contributed by atoms with E-state index in [1.165, 1.54) is 0 Å². The van der Waals surface area contributed by atoms with Crippen LogP contribution in [-0.4, -0.2) is 28.8 Å². The predicted octanol–water partition coefficient (Wildman–Crippen LogP) is 3.87. The van der Waals surface area contributed by atoms with Gasteiger partial charge in [0.15, 0.2) is 0 Å². The molecular formula is C23H30N2O2. The van der Waals surface area contributed by atoms with Crippen LogP contribution in [0.5, 0.6) is 0 Å². The molecule has 2 amide bonds. The molecule has 0 saturated carbocycles. The van der Waals surface area contributed by atoms with Crippen LogP contribution in [0, 0.1) is 6.92 Å². The normalized spacial score (nSPS) is 12.9. The third kappa shape index (κ3) is 5.95. The molecule has 4 nitrogen and oxygen atoms in total. The monoisotopic (exact) mass is 366 g/mol. The van der Waals surface area contributed by atoms with Crippen molar-refractivity contribution in [3.05, 3.63) is 71.3 Å². The zero-order chi connectivity index (χ0) is 19.8. The Kier molecular flexibility index (Phi) is 7.59. The van der Waals surface area contributed by atoms with Crippen LogP contribution in [0.4, 0.5) is 0 Å². The van der Waals surface area contributed by atoms with Gasteiger partial charge in [0.05, 0.1) is 6.42 Å². The topological polar surface area (TPSA) is 49.4 Å². The predicted molar refractivity (Wildman–Crippen MR) is 109 cm³/mol. The Labute approximate surface area is 162 Å². The molecule has 0 unspecified atom stereocenters. The first-order valence-corrected chi connectivity index (χ1v) is 9.60.